The number of hydrogen-bond donors (Lipinski definition) is 0. The normalized spacial score (nSPS) is 17.9. The predicted molar refractivity (Wildman–Crippen MR) is 339 cm³/mol. The second kappa shape index (κ2) is 34.8. The molecule has 2 fully saturated rings. The van der Waals surface area contributed by atoms with Gasteiger partial charge in [-0.1, -0.05) is 232 Å². The minimum absolute atomic E-state index is 0. The molecule has 0 spiro atoms. The fourth-order valence-corrected chi connectivity index (χ4v) is 11.8. The van der Waals surface area contributed by atoms with Crippen molar-refractivity contribution >= 4 is 103 Å². The number of hydrogen-bond acceptors (Lipinski definition) is 7. The molecule has 2 aliphatic carbocycles. The average Bonchev–Trinajstić information content (AvgIpc) is 4.13. The van der Waals surface area contributed by atoms with Crippen molar-refractivity contribution in [1.29, 1.82) is 0 Å². The molecule has 1 unspecified atom stereocenters. The van der Waals surface area contributed by atoms with Gasteiger partial charge in [-0.05, 0) is 111 Å². The molecule has 81 heavy (non-hydrogen) atoms. The number of fused-ring (bicyclic) bond motifs is 4. The molecule has 14 heteroatoms. The van der Waals surface area contributed by atoms with Crippen molar-refractivity contribution in [1.82, 2.24) is 0 Å². The van der Waals surface area contributed by atoms with Crippen molar-refractivity contribution in [3.8, 4) is 0 Å². The summed E-state index contributed by atoms with van der Waals surface area (Å²) >= 11 is 3.50. The van der Waals surface area contributed by atoms with Crippen LogP contribution in [0.1, 0.15) is 204 Å². The van der Waals surface area contributed by atoms with Gasteiger partial charge in [-0.25, -0.2) is 0 Å². The Morgan fingerprint density at radius 1 is 0.556 bits per heavy atom. The number of allylic oxidation sites excluding steroid dienone is 1. The van der Waals surface area contributed by atoms with Crippen molar-refractivity contribution in [2.75, 3.05) is 14.2 Å². The smallest absolute Gasteiger partial charge is 0.302 e. The van der Waals surface area contributed by atoms with Crippen molar-refractivity contribution < 1.29 is 109 Å². The first kappa shape index (κ1) is 74.9. The molecular formula is C67H91Ar2B4BrO7. The zero-order chi connectivity index (χ0) is 57.4. The fourth-order valence-electron chi connectivity index (χ4n) is 11.4. The van der Waals surface area contributed by atoms with E-state index in [-0.39, 0.29) is 117 Å². The number of rotatable bonds is 8. The van der Waals surface area contributed by atoms with E-state index in [0.717, 1.165) is 62.1 Å². The van der Waals surface area contributed by atoms with Crippen LogP contribution in [0, 0.1) is 87.3 Å². The van der Waals surface area contributed by atoms with E-state index in [0.29, 0.717) is 35.2 Å². The van der Waals surface area contributed by atoms with Gasteiger partial charge in [0.25, 0.3) is 0 Å². The predicted octanol–water partition coefficient (Wildman–Crippen LogP) is 13.3. The van der Waals surface area contributed by atoms with Crippen LogP contribution in [0.3, 0.4) is 0 Å². The van der Waals surface area contributed by atoms with Crippen LogP contribution in [0.4, 0.5) is 0 Å². The summed E-state index contributed by atoms with van der Waals surface area (Å²) in [6.07, 6.45) is 21.8. The van der Waals surface area contributed by atoms with Gasteiger partial charge in [0.05, 0.1) is 14.2 Å². The summed E-state index contributed by atoms with van der Waals surface area (Å²) in [4.78, 5) is 54.6. The molecule has 4 heterocycles. The molecular weight excluding hydrogens is 1120 g/mol. The van der Waals surface area contributed by atoms with Crippen molar-refractivity contribution in [3.05, 3.63) is 122 Å². The first-order chi connectivity index (χ1) is 36.8. The Hall–Kier alpha value is -2.17. The average molecular weight is 1210 g/mol. The minimum atomic E-state index is -0.245. The van der Waals surface area contributed by atoms with E-state index in [4.69, 9.17) is 0 Å². The van der Waals surface area contributed by atoms with Crippen LogP contribution in [0.2, 0.25) is 25.3 Å². The molecule has 2 saturated carbocycles. The van der Waals surface area contributed by atoms with E-state index in [1.54, 1.807) is 0 Å². The third kappa shape index (κ3) is 22.6. The van der Waals surface area contributed by atoms with E-state index in [2.05, 4.69) is 171 Å². The third-order valence-electron chi connectivity index (χ3n) is 16.8. The topological polar surface area (TPSA) is 104 Å². The summed E-state index contributed by atoms with van der Waals surface area (Å²) in [5.41, 5.74) is 15.4. The molecule has 4 aliphatic heterocycles. The largest absolute Gasteiger partial charge is 0.469 e. The number of carbonyl (C=O) groups excluding carboxylic acids is 5. The molecule has 4 aromatic rings. The summed E-state index contributed by atoms with van der Waals surface area (Å²) in [6.45, 7) is 23.2. The number of benzene rings is 4. The maximum Gasteiger partial charge on any atom is 0.302 e. The Balaban J connectivity index is 0.000000353. The Bertz CT molecular complexity index is 2730. The number of halogens is 1. The summed E-state index contributed by atoms with van der Waals surface area (Å²) in [5.74, 6) is 1.29. The van der Waals surface area contributed by atoms with Gasteiger partial charge in [-0.15, -0.1) is 0 Å². The number of carbonyl (C=O) groups is 5. The van der Waals surface area contributed by atoms with E-state index < -0.39 is 0 Å². The number of ether oxygens (including phenoxy) is 2. The Kier molecular flexibility index (Phi) is 32.2. The van der Waals surface area contributed by atoms with Crippen LogP contribution >= 0.6 is 15.9 Å². The molecule has 0 N–H and O–H groups in total. The van der Waals surface area contributed by atoms with Gasteiger partial charge in [0, 0.05) is 118 Å². The Morgan fingerprint density at radius 2 is 0.914 bits per heavy atom. The van der Waals surface area contributed by atoms with Gasteiger partial charge in [0.1, 0.15) is 12.1 Å². The van der Waals surface area contributed by atoms with Crippen LogP contribution in [0.5, 0.6) is 0 Å². The summed E-state index contributed by atoms with van der Waals surface area (Å²) in [7, 11) is 11.9. The summed E-state index contributed by atoms with van der Waals surface area (Å²) in [6, 6.07) is 25.9. The molecule has 10 rings (SSSR count). The number of aldehydes is 1. The van der Waals surface area contributed by atoms with Crippen LogP contribution in [-0.4, -0.2) is 73.1 Å². The standard InChI is InChI=1S/C20H28BO.C19H24BO.C11H12BO.C10H11BBr.2C3H6O2.CH4.2Ar/c1-14(11-19(22)15-7-5-4-6-8-15)16-9-10-18-17(12-16)20(2,3)13-21-18;1-19(2)13-20-17-10-8-14(12-16(17)19)9-11-18(21)15-6-4-3-5-7-15;1-11(2)7-12-10-4-3-8(6-13)5-9(10)11;1-10(2)6-11-9-4-3-7(12)5-8(9)10;2*1-3(4)5-2;;;/h9-10,12,14-15H,4-8,11,13H2,1-3H3;8-12,15H,3-7,13H2,1-2H3;3-6H,7H2,1-2H3;3-5H,6H2,1-2H3;2*1-2H3;1H4;;/b;11-9+;;;;;;;. The van der Waals surface area contributed by atoms with E-state index >= 15 is 0 Å². The SMILES string of the molecule is C.CC(CC(=O)C1CCCCC1)c1ccc2c(c1)C(C)(C)C[B]2.CC1(C)C[B]c2ccc(/C=C/C(=O)C3CCCCC3)cc21.CC1(C)C[B]c2ccc(Br)cc21.CC1(C)C[B]c2ccc(C=O)cc21.COC(C)=O.COC(C)=O.[Ar].[Ar]. The van der Waals surface area contributed by atoms with Gasteiger partial charge in [0.2, 0.25) is 0 Å². The van der Waals surface area contributed by atoms with E-state index in [1.807, 2.05) is 30.4 Å². The van der Waals surface area contributed by atoms with Crippen LogP contribution in [0.15, 0.2) is 83.3 Å². The van der Waals surface area contributed by atoms with E-state index in [9.17, 15) is 24.0 Å². The molecule has 1 atom stereocenters. The monoisotopic (exact) mass is 1210 g/mol. The first-order valence-corrected chi connectivity index (χ1v) is 29.5. The van der Waals surface area contributed by atoms with Gasteiger partial charge < -0.3 is 9.47 Å². The molecule has 0 amide bonds. The molecule has 436 valence electrons. The van der Waals surface area contributed by atoms with Crippen LogP contribution in [-0.2, 0) is 50.3 Å². The molecule has 0 bridgehead atoms. The zero-order valence-electron chi connectivity index (χ0n) is 50.3. The summed E-state index contributed by atoms with van der Waals surface area (Å²) < 4.78 is 9.41. The van der Waals surface area contributed by atoms with Crippen molar-refractivity contribution in [2.24, 2.45) is 11.8 Å². The number of ketones is 2. The molecule has 6 aliphatic rings. The van der Waals surface area contributed by atoms with Gasteiger partial charge in [-0.2, -0.15) is 0 Å². The molecule has 7 nitrogen and oxygen atoms in total. The van der Waals surface area contributed by atoms with Gasteiger partial charge >= 0.3 is 11.9 Å². The third-order valence-corrected chi connectivity index (χ3v) is 17.3. The molecule has 0 aromatic heterocycles. The van der Waals surface area contributed by atoms with Gasteiger partial charge in [-0.3, -0.25) is 24.0 Å². The van der Waals surface area contributed by atoms with Crippen molar-refractivity contribution in [2.45, 2.75) is 207 Å². The Morgan fingerprint density at radius 3 is 1.33 bits per heavy atom. The molecule has 0 saturated heterocycles. The number of Topliss-reactive ketones (excluding diaryl/α,β-unsaturated/α-hetero) is 1. The summed E-state index contributed by atoms with van der Waals surface area (Å²) in [5, 5.41) is 0. The maximum absolute atomic E-state index is 12.5. The number of methoxy groups -OCH3 is 2. The number of esters is 2. The second-order valence-electron chi connectivity index (χ2n) is 24.9. The molecule has 4 radical (unpaired) electrons. The first-order valence-electron chi connectivity index (χ1n) is 28.7. The minimum Gasteiger partial charge on any atom is -0.469 e. The maximum atomic E-state index is 12.5. The van der Waals surface area contributed by atoms with Crippen molar-refractivity contribution in [3.63, 3.8) is 0 Å². The zero-order valence-corrected chi connectivity index (χ0v) is 53.3. The van der Waals surface area contributed by atoms with Gasteiger partial charge in [0.15, 0.2) is 34.9 Å². The quantitative estimate of drug-likeness (QED) is 0.0749. The second-order valence-corrected chi connectivity index (χ2v) is 25.8. The van der Waals surface area contributed by atoms with Crippen LogP contribution in [0.25, 0.3) is 6.08 Å². The Labute approximate surface area is 561 Å². The fraction of sp³-hybridized carbons (Fsp3) is 0.537. The van der Waals surface area contributed by atoms with E-state index in [1.165, 1.54) is 127 Å². The molecule has 4 aromatic carbocycles. The van der Waals surface area contributed by atoms with Crippen LogP contribution < -0.4 is 21.9 Å².